The molecule has 8 rings (SSSR count). The number of nitro benzene ring substituents is 1. The molecule has 0 aliphatic rings. The van der Waals surface area contributed by atoms with Gasteiger partial charge in [0.25, 0.3) is 5.69 Å². The number of fused-ring (bicyclic) bond motifs is 2. The number of non-ortho nitro benzene ring substituents is 1. The number of aromatic hydroxyl groups is 3. The maximum atomic E-state index is 11.9. The lowest BCUT2D eigenvalue weighted by atomic mass is 9.98. The number of hydrogen-bond acceptors (Lipinski definition) is 17. The molecule has 70 heavy (non-hydrogen) atoms. The molecule has 0 saturated heterocycles. The van der Waals surface area contributed by atoms with Crippen molar-refractivity contribution >= 4 is 88.3 Å². The minimum Gasteiger partial charge on any atom is -0.505 e. The van der Waals surface area contributed by atoms with Crippen molar-refractivity contribution in [2.24, 2.45) is 40.9 Å². The number of benzene rings is 7. The summed E-state index contributed by atoms with van der Waals surface area (Å²) in [5, 5.41) is 87.3. The van der Waals surface area contributed by atoms with Crippen LogP contribution in [0.2, 0.25) is 0 Å². The van der Waals surface area contributed by atoms with Gasteiger partial charge in [-0.15, -0.1) is 20.5 Å². The van der Waals surface area contributed by atoms with Crippen LogP contribution in [0.4, 0.5) is 56.9 Å². The summed E-state index contributed by atoms with van der Waals surface area (Å²) in [5.74, 6) is -0.520. The number of nitrogens with zero attached hydrogens (tertiary/aromatic N) is 11. The van der Waals surface area contributed by atoms with E-state index in [1.165, 1.54) is 35.0 Å². The zero-order valence-corrected chi connectivity index (χ0v) is 40.3. The number of sulfone groups is 1. The van der Waals surface area contributed by atoms with Crippen LogP contribution < -0.4 is 5.73 Å². The number of phenolic OH excluding ortho intramolecular Hbond substituents is 2. The van der Waals surface area contributed by atoms with E-state index < -0.39 is 14.8 Å². The van der Waals surface area contributed by atoms with Crippen molar-refractivity contribution in [3.05, 3.63) is 140 Å². The summed E-state index contributed by atoms with van der Waals surface area (Å²) in [5.41, 5.74) is 15.3. The second-order valence-electron chi connectivity index (χ2n) is 17.0. The molecule has 0 fully saturated rings. The number of nitrogens with two attached hydrogens (primary N) is 1. The van der Waals surface area contributed by atoms with Crippen LogP contribution in [-0.4, -0.2) is 44.7 Å². The Morgan fingerprint density at radius 3 is 1.67 bits per heavy atom. The number of aromatic nitrogens is 2. The van der Waals surface area contributed by atoms with Gasteiger partial charge in [-0.3, -0.25) is 10.1 Å². The Kier molecular flexibility index (Phi) is 12.5. The Bertz CT molecular complexity index is 3750. The van der Waals surface area contributed by atoms with Crippen LogP contribution in [0.3, 0.4) is 0 Å². The molecule has 0 radical (unpaired) electrons. The smallest absolute Gasteiger partial charge is 0.269 e. The highest BCUT2D eigenvalue weighted by molar-refractivity contribution is 7.90. The zero-order chi connectivity index (χ0) is 50.5. The second-order valence-corrected chi connectivity index (χ2v) is 19.0. The molecule has 8 aromatic rings. The molecule has 0 atom stereocenters. The summed E-state index contributed by atoms with van der Waals surface area (Å²) in [7, 11) is -3.40. The van der Waals surface area contributed by atoms with Crippen molar-refractivity contribution in [3.63, 3.8) is 0 Å². The summed E-state index contributed by atoms with van der Waals surface area (Å²) in [6.45, 7) is 14.4. The van der Waals surface area contributed by atoms with Crippen LogP contribution in [0, 0.1) is 65.5 Å². The predicted molar refractivity (Wildman–Crippen MR) is 268 cm³/mol. The molecule has 354 valence electrons. The van der Waals surface area contributed by atoms with Gasteiger partial charge < -0.3 is 21.1 Å². The third-order valence-electron chi connectivity index (χ3n) is 11.9. The summed E-state index contributed by atoms with van der Waals surface area (Å²) in [6.07, 6.45) is 1.12. The number of aryl methyl sites for hydroxylation is 8. The molecular formula is C50H46N12O7S. The molecule has 0 amide bonds. The van der Waals surface area contributed by atoms with E-state index in [0.717, 1.165) is 33.9 Å². The first-order valence-corrected chi connectivity index (χ1v) is 23.5. The van der Waals surface area contributed by atoms with Crippen molar-refractivity contribution in [1.29, 1.82) is 0 Å². The van der Waals surface area contributed by atoms with E-state index in [1.807, 2.05) is 46.8 Å². The second kappa shape index (κ2) is 18.4. The molecule has 0 aliphatic carbocycles. The number of hydrogen-bond donors (Lipinski definition) is 4. The SMILES string of the molecule is Cc1cc(/N=N/c2c(C)nn(-c3ccc(S(C)(=O)=O)cc3)c2O)c(C)cc1/N=N/c1c(C)cc2c(C)c(/N=N/c3cc(C)c4cc(C)c(/N=N/c5ccc([N+](=O)[O-])cc5C)c(O)c4c3N)ccc2c1O. The van der Waals surface area contributed by atoms with Crippen LogP contribution in [0.25, 0.3) is 27.2 Å². The van der Waals surface area contributed by atoms with E-state index in [9.17, 15) is 33.9 Å². The molecule has 0 bridgehead atoms. The highest BCUT2D eigenvalue weighted by Crippen LogP contribution is 2.47. The molecule has 19 nitrogen and oxygen atoms in total. The van der Waals surface area contributed by atoms with Crippen molar-refractivity contribution in [1.82, 2.24) is 9.78 Å². The van der Waals surface area contributed by atoms with Gasteiger partial charge in [-0.05, 0) is 178 Å². The highest BCUT2D eigenvalue weighted by atomic mass is 32.2. The Labute approximate surface area is 401 Å². The molecule has 7 aromatic carbocycles. The van der Waals surface area contributed by atoms with Gasteiger partial charge in [0.05, 0.1) is 55.0 Å². The first-order chi connectivity index (χ1) is 33.1. The minimum atomic E-state index is -3.40. The van der Waals surface area contributed by atoms with E-state index in [0.29, 0.717) is 72.7 Å². The third kappa shape index (κ3) is 9.01. The molecule has 0 saturated carbocycles. The fourth-order valence-corrected chi connectivity index (χ4v) is 8.57. The Balaban J connectivity index is 1.03. The molecule has 5 N–H and O–H groups in total. The summed E-state index contributed by atoms with van der Waals surface area (Å²) >= 11 is 0. The fraction of sp³-hybridized carbons (Fsp3) is 0.180. The average Bonchev–Trinajstić information content (AvgIpc) is 3.59. The van der Waals surface area contributed by atoms with Crippen molar-refractivity contribution in [2.45, 2.75) is 60.3 Å². The van der Waals surface area contributed by atoms with Gasteiger partial charge in [-0.1, -0.05) is 0 Å². The van der Waals surface area contributed by atoms with Crippen LogP contribution in [-0.2, 0) is 9.84 Å². The van der Waals surface area contributed by atoms with E-state index in [1.54, 1.807) is 63.2 Å². The largest absolute Gasteiger partial charge is 0.505 e. The van der Waals surface area contributed by atoms with Gasteiger partial charge in [-0.2, -0.15) is 30.2 Å². The lowest BCUT2D eigenvalue weighted by Crippen LogP contribution is -1.99. The maximum absolute atomic E-state index is 11.9. The monoisotopic (exact) mass is 958 g/mol. The van der Waals surface area contributed by atoms with Crippen LogP contribution >= 0.6 is 0 Å². The number of phenols is 2. The number of nitro groups is 1. The molecule has 0 unspecified atom stereocenters. The van der Waals surface area contributed by atoms with Gasteiger partial charge >= 0.3 is 0 Å². The lowest BCUT2D eigenvalue weighted by molar-refractivity contribution is -0.384. The third-order valence-corrected chi connectivity index (χ3v) is 13.1. The normalized spacial score (nSPS) is 12.3. The maximum Gasteiger partial charge on any atom is 0.269 e. The first kappa shape index (κ1) is 47.7. The van der Waals surface area contributed by atoms with Gasteiger partial charge in [0.1, 0.15) is 17.1 Å². The van der Waals surface area contributed by atoms with E-state index in [2.05, 4.69) is 46.0 Å². The van der Waals surface area contributed by atoms with Crippen LogP contribution in [0.5, 0.6) is 17.4 Å². The molecule has 0 aliphatic heterocycles. The standard InChI is InChI=1S/C50H46N12O7S/c1-24-21-42(44(51)43-36(24)19-28(5)46(49(43)64)58-52-38-16-12-33(62(66)67)18-25(38)2)56-53-39-17-15-35-37(30(39)7)20-29(6)45(48(35)63)57-54-40-22-27(4)41(23-26(40)3)55-59-47-31(8)60-61(50(47)65)32-10-13-34(14-11-32)70(9,68)69/h10-23,63-65H,51H2,1-9H3/b56-53+,57-54+,58-52+,59-55+. The Morgan fingerprint density at radius 2 is 1.07 bits per heavy atom. The van der Waals surface area contributed by atoms with Crippen molar-refractivity contribution in [3.8, 4) is 23.1 Å². The predicted octanol–water partition coefficient (Wildman–Crippen LogP) is 14.3. The molecule has 20 heteroatoms. The number of anilines is 1. The minimum absolute atomic E-state index is 0.0657. The topological polar surface area (TPSA) is 281 Å². The van der Waals surface area contributed by atoms with Gasteiger partial charge in [0.15, 0.2) is 27.0 Å². The number of rotatable bonds is 11. The van der Waals surface area contributed by atoms with Crippen LogP contribution in [0.15, 0.2) is 131 Å². The van der Waals surface area contributed by atoms with Crippen molar-refractivity contribution < 1.29 is 28.7 Å². The zero-order valence-electron chi connectivity index (χ0n) is 39.5. The van der Waals surface area contributed by atoms with Gasteiger partial charge in [0, 0.05) is 23.8 Å². The number of azo groups is 4. The first-order valence-electron chi connectivity index (χ1n) is 21.6. The molecular weight excluding hydrogens is 913 g/mol. The Hall–Kier alpha value is -8.78. The van der Waals surface area contributed by atoms with E-state index in [4.69, 9.17) is 5.73 Å². The van der Waals surface area contributed by atoms with E-state index >= 15 is 0 Å². The number of nitrogen functional groups attached to an aromatic ring is 1. The van der Waals surface area contributed by atoms with Gasteiger partial charge in [-0.25, -0.2) is 8.42 Å². The summed E-state index contributed by atoms with van der Waals surface area (Å²) < 4.78 is 25.1. The highest BCUT2D eigenvalue weighted by Gasteiger charge is 2.20. The lowest BCUT2D eigenvalue weighted by Gasteiger charge is -2.14. The van der Waals surface area contributed by atoms with Gasteiger partial charge in [0.2, 0.25) is 5.88 Å². The van der Waals surface area contributed by atoms with Crippen molar-refractivity contribution in [2.75, 3.05) is 12.0 Å². The quantitative estimate of drug-likeness (QED) is 0.0414. The summed E-state index contributed by atoms with van der Waals surface area (Å²) in [4.78, 5) is 10.9. The molecule has 1 heterocycles. The van der Waals surface area contributed by atoms with Crippen LogP contribution in [0.1, 0.15) is 44.6 Å². The summed E-state index contributed by atoms with van der Waals surface area (Å²) in [6, 6.07) is 22.8. The molecule has 0 spiro atoms. The Morgan fingerprint density at radius 1 is 0.557 bits per heavy atom. The molecule has 1 aromatic heterocycles. The van der Waals surface area contributed by atoms with E-state index in [-0.39, 0.29) is 50.7 Å². The fourth-order valence-electron chi connectivity index (χ4n) is 7.94. The average molecular weight is 959 g/mol.